The third-order valence-electron chi connectivity index (χ3n) is 3.76. The Kier molecular flexibility index (Phi) is 3.62. The number of carbonyl (C=O) groups is 1. The summed E-state index contributed by atoms with van der Waals surface area (Å²) in [4.78, 5) is 20.6. The van der Waals surface area contributed by atoms with E-state index in [0.717, 1.165) is 34.5 Å². The zero-order valence-corrected chi connectivity index (χ0v) is 12.0. The fourth-order valence-electron chi connectivity index (χ4n) is 2.52. The molecule has 2 aromatic rings. The highest BCUT2D eigenvalue weighted by molar-refractivity contribution is 6.16. The van der Waals surface area contributed by atoms with Crippen molar-refractivity contribution in [2.24, 2.45) is 10.7 Å². The lowest BCUT2D eigenvalue weighted by Crippen LogP contribution is -2.24. The Bertz CT molecular complexity index is 717. The summed E-state index contributed by atoms with van der Waals surface area (Å²) in [7, 11) is 0. The van der Waals surface area contributed by atoms with Gasteiger partial charge in [-0.2, -0.15) is 0 Å². The third-order valence-corrected chi connectivity index (χ3v) is 3.76. The molecule has 0 bridgehead atoms. The minimum atomic E-state index is 0.0493. The van der Waals surface area contributed by atoms with Gasteiger partial charge < -0.3 is 5.73 Å². The average molecular weight is 279 g/mol. The Morgan fingerprint density at radius 3 is 2.62 bits per heavy atom. The van der Waals surface area contributed by atoms with E-state index >= 15 is 0 Å². The number of Topliss-reactive ketones (excluding diaryl/α,β-unsaturated/α-hetero) is 1. The molecule has 0 fully saturated rings. The number of aliphatic imine (C=N–C) groups is 1. The van der Waals surface area contributed by atoms with Crippen LogP contribution in [-0.4, -0.2) is 29.6 Å². The highest BCUT2D eigenvalue weighted by Gasteiger charge is 2.20. The molecule has 1 aliphatic rings. The second kappa shape index (κ2) is 5.58. The van der Waals surface area contributed by atoms with E-state index in [4.69, 9.17) is 5.73 Å². The van der Waals surface area contributed by atoms with Crippen molar-refractivity contribution in [1.29, 1.82) is 0 Å². The SMILES string of the molecule is CCc1ccc(-c2ccc3c(c2)C(CN)=NCC3=O)cn1. The van der Waals surface area contributed by atoms with Gasteiger partial charge in [-0.15, -0.1) is 0 Å². The fourth-order valence-corrected chi connectivity index (χ4v) is 2.52. The number of fused-ring (bicyclic) bond motifs is 1. The maximum atomic E-state index is 11.9. The lowest BCUT2D eigenvalue weighted by molar-refractivity contribution is 0.1000. The number of carbonyl (C=O) groups excluding carboxylic acids is 1. The molecule has 0 saturated carbocycles. The van der Waals surface area contributed by atoms with Crippen molar-refractivity contribution in [3.05, 3.63) is 53.3 Å². The van der Waals surface area contributed by atoms with E-state index in [1.165, 1.54) is 0 Å². The first kappa shape index (κ1) is 13.6. The van der Waals surface area contributed by atoms with Crippen molar-refractivity contribution in [3.8, 4) is 11.1 Å². The third kappa shape index (κ3) is 2.50. The Balaban J connectivity index is 2.06. The average Bonchev–Trinajstić information content (AvgIpc) is 2.55. The van der Waals surface area contributed by atoms with Crippen LogP contribution in [0.25, 0.3) is 11.1 Å². The normalized spacial score (nSPS) is 13.8. The number of hydrogen-bond donors (Lipinski definition) is 1. The van der Waals surface area contributed by atoms with E-state index in [1.54, 1.807) is 0 Å². The maximum Gasteiger partial charge on any atom is 0.184 e. The van der Waals surface area contributed by atoms with Gasteiger partial charge in [-0.3, -0.25) is 14.8 Å². The van der Waals surface area contributed by atoms with Crippen LogP contribution in [0, 0.1) is 0 Å². The van der Waals surface area contributed by atoms with Gasteiger partial charge >= 0.3 is 0 Å². The Hall–Kier alpha value is -2.33. The molecule has 4 nitrogen and oxygen atoms in total. The van der Waals surface area contributed by atoms with Gasteiger partial charge in [0.25, 0.3) is 0 Å². The number of benzene rings is 1. The van der Waals surface area contributed by atoms with E-state index in [0.29, 0.717) is 12.1 Å². The van der Waals surface area contributed by atoms with Crippen molar-refractivity contribution in [1.82, 2.24) is 4.98 Å². The van der Waals surface area contributed by atoms with Gasteiger partial charge in [0, 0.05) is 35.1 Å². The van der Waals surface area contributed by atoms with Crippen molar-refractivity contribution < 1.29 is 4.79 Å². The number of hydrogen-bond acceptors (Lipinski definition) is 4. The van der Waals surface area contributed by atoms with Crippen LogP contribution in [0.2, 0.25) is 0 Å². The minimum Gasteiger partial charge on any atom is -0.325 e. The molecule has 3 rings (SSSR count). The summed E-state index contributed by atoms with van der Waals surface area (Å²) in [5.74, 6) is 0.0493. The van der Waals surface area contributed by atoms with Crippen LogP contribution >= 0.6 is 0 Å². The predicted molar refractivity (Wildman–Crippen MR) is 83.8 cm³/mol. The summed E-state index contributed by atoms with van der Waals surface area (Å²) in [5, 5.41) is 0. The van der Waals surface area contributed by atoms with Crippen LogP contribution in [-0.2, 0) is 6.42 Å². The molecule has 0 unspecified atom stereocenters. The minimum absolute atomic E-state index is 0.0493. The van der Waals surface area contributed by atoms with Crippen LogP contribution in [0.1, 0.15) is 28.5 Å². The van der Waals surface area contributed by atoms with E-state index < -0.39 is 0 Å². The van der Waals surface area contributed by atoms with E-state index in [9.17, 15) is 4.79 Å². The monoisotopic (exact) mass is 279 g/mol. The van der Waals surface area contributed by atoms with E-state index in [-0.39, 0.29) is 12.3 Å². The molecule has 1 aromatic carbocycles. The largest absolute Gasteiger partial charge is 0.325 e. The number of aryl methyl sites for hydroxylation is 1. The van der Waals surface area contributed by atoms with Crippen LogP contribution in [0.15, 0.2) is 41.5 Å². The smallest absolute Gasteiger partial charge is 0.184 e. The summed E-state index contributed by atoms with van der Waals surface area (Å²) in [6.45, 7) is 2.62. The second-order valence-corrected chi connectivity index (χ2v) is 5.04. The first-order valence-corrected chi connectivity index (χ1v) is 7.09. The van der Waals surface area contributed by atoms with Gasteiger partial charge in [-0.25, -0.2) is 0 Å². The zero-order valence-electron chi connectivity index (χ0n) is 12.0. The number of nitrogens with two attached hydrogens (primary N) is 1. The van der Waals surface area contributed by atoms with Crippen molar-refractivity contribution in [3.63, 3.8) is 0 Å². The molecule has 0 spiro atoms. The van der Waals surface area contributed by atoms with E-state index in [1.807, 2.05) is 30.5 Å². The summed E-state index contributed by atoms with van der Waals surface area (Å²) >= 11 is 0. The first-order valence-electron chi connectivity index (χ1n) is 7.09. The van der Waals surface area contributed by atoms with Crippen LogP contribution in [0.4, 0.5) is 0 Å². The fraction of sp³-hybridized carbons (Fsp3) is 0.235. The number of ketones is 1. The summed E-state index contributed by atoms with van der Waals surface area (Å²) in [5.41, 5.74) is 11.2. The van der Waals surface area contributed by atoms with E-state index in [2.05, 4.69) is 23.0 Å². The first-order chi connectivity index (χ1) is 10.2. The molecule has 0 saturated heterocycles. The quantitative estimate of drug-likeness (QED) is 0.937. The molecule has 1 aromatic heterocycles. The molecule has 1 aliphatic heterocycles. The zero-order chi connectivity index (χ0) is 14.8. The lowest BCUT2D eigenvalue weighted by Gasteiger charge is -2.16. The lowest BCUT2D eigenvalue weighted by atomic mass is 9.93. The number of rotatable bonds is 3. The molecule has 0 amide bonds. The molecule has 106 valence electrons. The Morgan fingerprint density at radius 1 is 1.14 bits per heavy atom. The molecule has 0 aliphatic carbocycles. The Labute approximate surface area is 123 Å². The van der Waals surface area contributed by atoms with Gasteiger partial charge in [0.1, 0.15) is 6.54 Å². The Morgan fingerprint density at radius 2 is 1.95 bits per heavy atom. The molecule has 2 N–H and O–H groups in total. The standard InChI is InChI=1S/C17H17N3O/c1-2-13-5-3-12(9-19-13)11-4-6-14-15(7-11)16(8-18)20-10-17(14)21/h3-7,9H,2,8,10,18H2,1H3. The highest BCUT2D eigenvalue weighted by Crippen LogP contribution is 2.25. The molecule has 21 heavy (non-hydrogen) atoms. The van der Waals surface area contributed by atoms with Gasteiger partial charge in [0.15, 0.2) is 5.78 Å². The predicted octanol–water partition coefficient (Wildman–Crippen LogP) is 2.26. The van der Waals surface area contributed by atoms with Crippen LogP contribution < -0.4 is 5.73 Å². The number of aromatic nitrogens is 1. The van der Waals surface area contributed by atoms with Gasteiger partial charge in [-0.1, -0.05) is 25.1 Å². The van der Waals surface area contributed by atoms with Gasteiger partial charge in [0.2, 0.25) is 0 Å². The van der Waals surface area contributed by atoms with Crippen molar-refractivity contribution >= 4 is 11.5 Å². The molecule has 0 radical (unpaired) electrons. The second-order valence-electron chi connectivity index (χ2n) is 5.04. The topological polar surface area (TPSA) is 68.3 Å². The van der Waals surface area contributed by atoms with Crippen LogP contribution in [0.3, 0.4) is 0 Å². The van der Waals surface area contributed by atoms with Crippen molar-refractivity contribution in [2.75, 3.05) is 13.1 Å². The van der Waals surface area contributed by atoms with Crippen molar-refractivity contribution in [2.45, 2.75) is 13.3 Å². The molecular formula is C17H17N3O. The molecule has 4 heteroatoms. The number of pyridine rings is 1. The highest BCUT2D eigenvalue weighted by atomic mass is 16.1. The summed E-state index contributed by atoms with van der Waals surface area (Å²) in [6, 6.07) is 9.89. The summed E-state index contributed by atoms with van der Waals surface area (Å²) in [6.07, 6.45) is 2.79. The molecule has 2 heterocycles. The van der Waals surface area contributed by atoms with Gasteiger partial charge in [0.05, 0.1) is 5.71 Å². The molecular weight excluding hydrogens is 262 g/mol. The van der Waals surface area contributed by atoms with Gasteiger partial charge in [-0.05, 0) is 24.1 Å². The molecule has 0 atom stereocenters. The maximum absolute atomic E-state index is 11.9. The summed E-state index contributed by atoms with van der Waals surface area (Å²) < 4.78 is 0. The van der Waals surface area contributed by atoms with Crippen LogP contribution in [0.5, 0.6) is 0 Å². The number of nitrogens with zero attached hydrogens (tertiary/aromatic N) is 2.